The summed E-state index contributed by atoms with van der Waals surface area (Å²) in [4.78, 5) is 32.3. The van der Waals surface area contributed by atoms with Gasteiger partial charge in [0.2, 0.25) is 0 Å². The van der Waals surface area contributed by atoms with Crippen molar-refractivity contribution < 1.29 is 27.5 Å². The van der Waals surface area contributed by atoms with Crippen molar-refractivity contribution in [2.45, 2.75) is 58.4 Å². The number of piperidine rings is 1. The Balaban J connectivity index is 1.71. The number of hydrogen-bond acceptors (Lipinski definition) is 6. The highest BCUT2D eigenvalue weighted by atomic mass is 19.4. The van der Waals surface area contributed by atoms with Gasteiger partial charge in [0.25, 0.3) is 5.91 Å². The van der Waals surface area contributed by atoms with Crippen LogP contribution in [-0.2, 0) is 11.3 Å². The Bertz CT molecular complexity index is 1270. The number of carbonyl (C=O) groups is 2. The van der Waals surface area contributed by atoms with Gasteiger partial charge in [-0.2, -0.15) is 18.3 Å². The highest BCUT2D eigenvalue weighted by Gasteiger charge is 2.31. The molecule has 3 heterocycles. The summed E-state index contributed by atoms with van der Waals surface area (Å²) in [6, 6.07) is 7.68. The molecule has 1 aliphatic rings. The molecule has 1 fully saturated rings. The molecule has 4 rings (SSSR count). The summed E-state index contributed by atoms with van der Waals surface area (Å²) in [5.41, 5.74) is 0.253. The maximum atomic E-state index is 13.3. The molecule has 3 aromatic rings. The van der Waals surface area contributed by atoms with Crippen molar-refractivity contribution >= 4 is 34.2 Å². The number of carbonyl (C=O) groups excluding carboxylic acids is 2. The Morgan fingerprint density at radius 3 is 2.44 bits per heavy atom. The Morgan fingerprint density at radius 2 is 1.78 bits per heavy atom. The van der Waals surface area contributed by atoms with Gasteiger partial charge in [0, 0.05) is 18.5 Å². The number of pyridine rings is 1. The number of fused-ring (bicyclic) bond motifs is 1. The van der Waals surface area contributed by atoms with Crippen LogP contribution < -0.4 is 10.2 Å². The van der Waals surface area contributed by atoms with Gasteiger partial charge in [-0.25, -0.2) is 9.78 Å². The van der Waals surface area contributed by atoms with Crippen LogP contribution in [0.3, 0.4) is 0 Å². The number of amides is 1. The minimum Gasteiger partial charge on any atom is -0.455 e. The fourth-order valence-electron chi connectivity index (χ4n) is 4.14. The van der Waals surface area contributed by atoms with E-state index in [0.29, 0.717) is 16.8 Å². The zero-order valence-corrected chi connectivity index (χ0v) is 20.4. The molecule has 0 radical (unpaired) electrons. The van der Waals surface area contributed by atoms with E-state index in [1.807, 2.05) is 0 Å². The molecule has 1 N–H and O–H groups in total. The van der Waals surface area contributed by atoms with Crippen LogP contribution in [0, 0.1) is 0 Å². The second-order valence-corrected chi connectivity index (χ2v) is 9.73. The van der Waals surface area contributed by atoms with E-state index in [1.54, 1.807) is 39.0 Å². The molecule has 11 heteroatoms. The minimum absolute atomic E-state index is 0.00782. The second-order valence-electron chi connectivity index (χ2n) is 9.73. The third-order valence-electron chi connectivity index (χ3n) is 5.64. The highest BCUT2D eigenvalue weighted by Crippen LogP contribution is 2.31. The summed E-state index contributed by atoms with van der Waals surface area (Å²) >= 11 is 0. The van der Waals surface area contributed by atoms with Crippen LogP contribution in [0.4, 0.5) is 24.5 Å². The fraction of sp³-hybridized carbons (Fsp3) is 0.440. The van der Waals surface area contributed by atoms with Crippen molar-refractivity contribution in [2.75, 3.05) is 23.3 Å². The lowest BCUT2D eigenvalue weighted by Crippen LogP contribution is -2.31. The number of para-hydroxylation sites is 1. The van der Waals surface area contributed by atoms with Gasteiger partial charge in [-0.15, -0.1) is 0 Å². The van der Waals surface area contributed by atoms with Gasteiger partial charge in [-0.1, -0.05) is 18.2 Å². The van der Waals surface area contributed by atoms with E-state index in [1.165, 1.54) is 18.3 Å². The van der Waals surface area contributed by atoms with Gasteiger partial charge in [0.1, 0.15) is 12.1 Å². The van der Waals surface area contributed by atoms with Gasteiger partial charge in [0.05, 0.1) is 23.1 Å². The van der Waals surface area contributed by atoms with Gasteiger partial charge in [0.15, 0.2) is 11.4 Å². The number of anilines is 2. The average Bonchev–Trinajstić information content (AvgIpc) is 3.15. The monoisotopic (exact) mass is 503 g/mol. The molecule has 0 unspecified atom stereocenters. The van der Waals surface area contributed by atoms with Gasteiger partial charge < -0.3 is 15.0 Å². The van der Waals surface area contributed by atoms with Gasteiger partial charge >= 0.3 is 12.1 Å². The molecule has 192 valence electrons. The van der Waals surface area contributed by atoms with E-state index in [4.69, 9.17) is 4.74 Å². The van der Waals surface area contributed by atoms with Crippen molar-refractivity contribution in [1.82, 2.24) is 14.8 Å². The van der Waals surface area contributed by atoms with E-state index < -0.39 is 30.2 Å². The molecular formula is C25H28F3N5O3. The smallest absolute Gasteiger partial charge is 0.408 e. The largest absolute Gasteiger partial charge is 0.455 e. The third-order valence-corrected chi connectivity index (χ3v) is 5.64. The predicted octanol–water partition coefficient (Wildman–Crippen LogP) is 5.19. The summed E-state index contributed by atoms with van der Waals surface area (Å²) in [6.07, 6.45) is 0.0313. The van der Waals surface area contributed by atoms with E-state index in [2.05, 4.69) is 20.3 Å². The lowest BCUT2D eigenvalue weighted by Gasteiger charge is -2.30. The topological polar surface area (TPSA) is 89.3 Å². The van der Waals surface area contributed by atoms with Crippen molar-refractivity contribution in [3.8, 4) is 0 Å². The number of rotatable bonds is 5. The quantitative estimate of drug-likeness (QED) is 0.482. The number of aromatic nitrogens is 3. The molecule has 1 aromatic carbocycles. The molecule has 1 aliphatic heterocycles. The number of ether oxygens (including phenoxy) is 1. The maximum absolute atomic E-state index is 13.3. The molecule has 0 bridgehead atoms. The van der Waals surface area contributed by atoms with Gasteiger partial charge in [-0.3, -0.25) is 9.48 Å². The molecule has 1 amide bonds. The minimum atomic E-state index is -4.50. The maximum Gasteiger partial charge on any atom is 0.408 e. The molecular weight excluding hydrogens is 475 g/mol. The van der Waals surface area contributed by atoms with E-state index in [9.17, 15) is 22.8 Å². The van der Waals surface area contributed by atoms with E-state index in [0.717, 1.165) is 37.0 Å². The van der Waals surface area contributed by atoms with Crippen LogP contribution >= 0.6 is 0 Å². The lowest BCUT2D eigenvalue weighted by atomic mass is 10.1. The number of alkyl halides is 3. The zero-order chi connectivity index (χ0) is 26.1. The number of nitrogens with one attached hydrogen (secondary N) is 1. The molecule has 0 saturated carbocycles. The Morgan fingerprint density at radius 1 is 1.08 bits per heavy atom. The first kappa shape index (κ1) is 25.5. The molecule has 0 spiro atoms. The number of esters is 1. The van der Waals surface area contributed by atoms with Crippen molar-refractivity contribution in [1.29, 1.82) is 0 Å². The fourth-order valence-corrected chi connectivity index (χ4v) is 4.14. The first-order valence-corrected chi connectivity index (χ1v) is 11.7. The Labute approximate surface area is 206 Å². The molecule has 0 aliphatic carbocycles. The van der Waals surface area contributed by atoms with Crippen LogP contribution in [-0.4, -0.2) is 51.5 Å². The third kappa shape index (κ3) is 5.95. The SMILES string of the molecule is CC(C)(C)OC(=O)c1cc(NC(=O)c2nn(CC(F)(F)F)c3ccccc23)c(N2CCCCC2)cn1. The van der Waals surface area contributed by atoms with Crippen LogP contribution in [0.2, 0.25) is 0 Å². The number of hydrogen-bond donors (Lipinski definition) is 1. The molecule has 8 nitrogen and oxygen atoms in total. The standard InChI is InChI=1S/C25H28F3N5O3/c1-24(2,3)36-23(35)18-13-17(20(14-29-18)32-11-7-4-8-12-32)30-22(34)21-16-9-5-6-10-19(16)33(31-21)15-25(26,27)28/h5-6,9-10,13-14H,4,7-8,11-12,15H2,1-3H3,(H,29,30,34). The summed E-state index contributed by atoms with van der Waals surface area (Å²) < 4.78 is 45.5. The number of halogens is 3. The lowest BCUT2D eigenvalue weighted by molar-refractivity contribution is -0.141. The Kier molecular flexibility index (Phi) is 6.92. The molecule has 2 aromatic heterocycles. The number of nitrogens with zero attached hydrogens (tertiary/aromatic N) is 4. The van der Waals surface area contributed by atoms with Crippen molar-refractivity contribution in [3.05, 3.63) is 47.9 Å². The summed E-state index contributed by atoms with van der Waals surface area (Å²) in [7, 11) is 0. The van der Waals surface area contributed by atoms with Crippen LogP contribution in [0.15, 0.2) is 36.5 Å². The summed E-state index contributed by atoms with van der Waals surface area (Å²) in [6.45, 7) is 5.38. The van der Waals surface area contributed by atoms with Crippen LogP contribution in [0.25, 0.3) is 10.9 Å². The zero-order valence-electron chi connectivity index (χ0n) is 20.4. The van der Waals surface area contributed by atoms with Crippen molar-refractivity contribution in [2.24, 2.45) is 0 Å². The Hall–Kier alpha value is -3.63. The predicted molar refractivity (Wildman–Crippen MR) is 129 cm³/mol. The normalized spacial score (nSPS) is 14.7. The highest BCUT2D eigenvalue weighted by molar-refractivity contribution is 6.12. The van der Waals surface area contributed by atoms with Crippen LogP contribution in [0.1, 0.15) is 61.0 Å². The summed E-state index contributed by atoms with van der Waals surface area (Å²) in [5, 5.41) is 7.04. The number of benzene rings is 1. The second kappa shape index (κ2) is 9.79. The van der Waals surface area contributed by atoms with Gasteiger partial charge in [-0.05, 0) is 52.2 Å². The first-order chi connectivity index (χ1) is 16.9. The molecule has 36 heavy (non-hydrogen) atoms. The molecule has 1 saturated heterocycles. The van der Waals surface area contributed by atoms with Crippen molar-refractivity contribution in [3.63, 3.8) is 0 Å². The molecule has 0 atom stereocenters. The van der Waals surface area contributed by atoms with E-state index >= 15 is 0 Å². The van der Waals surface area contributed by atoms with E-state index in [-0.39, 0.29) is 16.9 Å². The van der Waals surface area contributed by atoms with Crippen LogP contribution in [0.5, 0.6) is 0 Å². The average molecular weight is 504 g/mol. The summed E-state index contributed by atoms with van der Waals surface area (Å²) in [5.74, 6) is -1.34. The first-order valence-electron chi connectivity index (χ1n) is 11.7.